The molecule has 3 nitrogen and oxygen atoms in total. The topological polar surface area (TPSA) is 38.7 Å². The first-order valence-electron chi connectivity index (χ1n) is 14.6. The van der Waals surface area contributed by atoms with E-state index in [1.807, 2.05) is 99.6 Å². The average Bonchev–Trinajstić information content (AvgIpc) is 3.04. The zero-order valence-corrected chi connectivity index (χ0v) is 25.7. The number of hydrogen-bond donors (Lipinski definition) is 0. The maximum absolute atomic E-state index is 13.9. The molecule has 0 aliphatic rings. The highest BCUT2D eigenvalue weighted by Crippen LogP contribution is 2.48. The SMILES string of the molecule is CC(C)(C)OC(=O)[C@H](CSC(c1ccccc1)(c1ccccc1)c1ccccc1)N=C(c1ccccc1)c1ccccc1. The van der Waals surface area contributed by atoms with Crippen LogP contribution >= 0.6 is 11.8 Å². The fraction of sp³-hybridized carbons (Fsp3) is 0.179. The third-order valence-electron chi connectivity index (χ3n) is 7.06. The largest absolute Gasteiger partial charge is 0.458 e. The van der Waals surface area contributed by atoms with Gasteiger partial charge < -0.3 is 4.74 Å². The van der Waals surface area contributed by atoms with Gasteiger partial charge in [0, 0.05) is 16.9 Å². The predicted octanol–water partition coefficient (Wildman–Crippen LogP) is 8.96. The smallest absolute Gasteiger partial charge is 0.332 e. The van der Waals surface area contributed by atoms with E-state index in [9.17, 15) is 4.79 Å². The second-order valence-electron chi connectivity index (χ2n) is 11.3. The molecule has 5 rings (SSSR count). The van der Waals surface area contributed by atoms with Crippen LogP contribution in [0, 0.1) is 0 Å². The summed E-state index contributed by atoms with van der Waals surface area (Å²) < 4.78 is 5.41. The van der Waals surface area contributed by atoms with Crippen LogP contribution in [-0.2, 0) is 14.3 Å². The molecule has 0 saturated heterocycles. The molecule has 0 aliphatic heterocycles. The monoisotopic (exact) mass is 583 g/mol. The number of nitrogens with zero attached hydrogens (tertiary/aromatic N) is 1. The normalized spacial score (nSPS) is 12.3. The molecule has 0 aliphatic carbocycles. The molecule has 0 heterocycles. The molecular formula is C39H37NO2S. The first-order chi connectivity index (χ1) is 20.9. The van der Waals surface area contributed by atoms with E-state index in [1.54, 1.807) is 11.8 Å². The minimum Gasteiger partial charge on any atom is -0.458 e. The minimum atomic E-state index is -0.754. The van der Waals surface area contributed by atoms with Gasteiger partial charge in [-0.3, -0.25) is 4.99 Å². The van der Waals surface area contributed by atoms with Crippen LogP contribution in [0.4, 0.5) is 0 Å². The van der Waals surface area contributed by atoms with Gasteiger partial charge in [-0.2, -0.15) is 0 Å². The lowest BCUT2D eigenvalue weighted by Crippen LogP contribution is -2.35. The molecule has 216 valence electrons. The number of thioether (sulfide) groups is 1. The number of hydrogen-bond acceptors (Lipinski definition) is 4. The summed E-state index contributed by atoms with van der Waals surface area (Å²) in [6.07, 6.45) is 0. The van der Waals surface area contributed by atoms with Crippen LogP contribution in [0.5, 0.6) is 0 Å². The molecule has 0 amide bonds. The molecule has 0 saturated carbocycles. The van der Waals surface area contributed by atoms with Crippen molar-refractivity contribution < 1.29 is 9.53 Å². The van der Waals surface area contributed by atoms with Crippen molar-refractivity contribution in [3.63, 3.8) is 0 Å². The molecule has 0 fully saturated rings. The van der Waals surface area contributed by atoms with E-state index >= 15 is 0 Å². The summed E-state index contributed by atoms with van der Waals surface area (Å²) in [5.74, 6) is 0.0592. The summed E-state index contributed by atoms with van der Waals surface area (Å²) in [7, 11) is 0. The van der Waals surface area contributed by atoms with Crippen LogP contribution in [0.1, 0.15) is 48.6 Å². The van der Waals surface area contributed by atoms with E-state index in [0.717, 1.165) is 33.5 Å². The summed E-state index contributed by atoms with van der Waals surface area (Å²) in [6, 6.07) is 50.9. The first-order valence-corrected chi connectivity index (χ1v) is 15.6. The van der Waals surface area contributed by atoms with Crippen LogP contribution in [0.25, 0.3) is 0 Å². The molecular weight excluding hydrogens is 547 g/mol. The van der Waals surface area contributed by atoms with E-state index in [1.165, 1.54) is 0 Å². The van der Waals surface area contributed by atoms with E-state index in [2.05, 4.69) is 72.8 Å². The van der Waals surface area contributed by atoms with Gasteiger partial charge in [0.2, 0.25) is 0 Å². The number of aliphatic imine (C=N–C) groups is 1. The number of rotatable bonds is 10. The highest BCUT2D eigenvalue weighted by atomic mass is 32.2. The lowest BCUT2D eigenvalue weighted by atomic mass is 9.84. The molecule has 5 aromatic carbocycles. The highest BCUT2D eigenvalue weighted by Gasteiger charge is 2.39. The van der Waals surface area contributed by atoms with Crippen LogP contribution in [0.15, 0.2) is 157 Å². The Labute approximate surface area is 259 Å². The molecule has 0 radical (unpaired) electrons. The van der Waals surface area contributed by atoms with Crippen LogP contribution in [-0.4, -0.2) is 29.1 Å². The Morgan fingerprint density at radius 3 is 1.30 bits per heavy atom. The van der Waals surface area contributed by atoms with Gasteiger partial charge in [-0.25, -0.2) is 4.79 Å². The van der Waals surface area contributed by atoms with Crippen LogP contribution < -0.4 is 0 Å². The van der Waals surface area contributed by atoms with E-state index in [0.29, 0.717) is 5.75 Å². The summed E-state index contributed by atoms with van der Waals surface area (Å²) in [5.41, 5.74) is 5.43. The predicted molar refractivity (Wildman–Crippen MR) is 180 cm³/mol. The Kier molecular flexibility index (Phi) is 9.58. The third kappa shape index (κ3) is 7.33. The molecule has 0 bridgehead atoms. The number of carbonyl (C=O) groups is 1. The van der Waals surface area contributed by atoms with Gasteiger partial charge in [0.25, 0.3) is 0 Å². The molecule has 0 aromatic heterocycles. The summed E-state index contributed by atoms with van der Waals surface area (Å²) in [5, 5.41) is 0. The van der Waals surface area contributed by atoms with E-state index in [4.69, 9.17) is 9.73 Å². The van der Waals surface area contributed by atoms with Crippen molar-refractivity contribution in [2.75, 3.05) is 5.75 Å². The van der Waals surface area contributed by atoms with Crippen molar-refractivity contribution in [1.82, 2.24) is 0 Å². The van der Waals surface area contributed by atoms with Gasteiger partial charge in [-0.1, -0.05) is 152 Å². The van der Waals surface area contributed by atoms with Gasteiger partial charge in [-0.15, -0.1) is 11.8 Å². The standard InChI is InChI=1S/C39H37NO2S/c1-38(2,3)42-37(41)35(40-36(30-19-9-4-10-20-30)31-21-11-5-12-22-31)29-43-39(32-23-13-6-14-24-32,33-25-15-7-16-26-33)34-27-17-8-18-28-34/h4-28,35H,29H2,1-3H3/t35-/m0/s1. The number of ether oxygens (including phenoxy) is 1. The lowest BCUT2D eigenvalue weighted by molar-refractivity contribution is -0.155. The van der Waals surface area contributed by atoms with E-state index in [-0.39, 0.29) is 5.97 Å². The highest BCUT2D eigenvalue weighted by molar-refractivity contribution is 8.00. The van der Waals surface area contributed by atoms with Gasteiger partial charge >= 0.3 is 5.97 Å². The molecule has 0 spiro atoms. The fourth-order valence-corrected chi connectivity index (χ4v) is 6.69. The number of benzene rings is 5. The Bertz CT molecular complexity index is 1480. The fourth-order valence-electron chi connectivity index (χ4n) is 5.16. The first kappa shape index (κ1) is 30.1. The van der Waals surface area contributed by atoms with Gasteiger partial charge in [-0.05, 0) is 37.5 Å². The van der Waals surface area contributed by atoms with Gasteiger partial charge in [0.15, 0.2) is 6.04 Å². The average molecular weight is 584 g/mol. The Balaban J connectivity index is 1.66. The second-order valence-corrected chi connectivity index (χ2v) is 12.6. The second kappa shape index (κ2) is 13.7. The van der Waals surface area contributed by atoms with Gasteiger partial charge in [0.1, 0.15) is 5.60 Å². The van der Waals surface area contributed by atoms with Crippen molar-refractivity contribution in [3.05, 3.63) is 179 Å². The molecule has 4 heteroatoms. The maximum Gasteiger partial charge on any atom is 0.332 e. The Morgan fingerprint density at radius 2 is 0.953 bits per heavy atom. The van der Waals surface area contributed by atoms with Crippen molar-refractivity contribution in [1.29, 1.82) is 0 Å². The Hall–Kier alpha value is -4.41. The van der Waals surface area contributed by atoms with Crippen LogP contribution in [0.3, 0.4) is 0 Å². The molecule has 0 N–H and O–H groups in total. The van der Waals surface area contributed by atoms with Crippen molar-refractivity contribution in [2.24, 2.45) is 4.99 Å². The number of carbonyl (C=O) groups excluding carboxylic acids is 1. The summed E-state index contributed by atoms with van der Waals surface area (Å²) >= 11 is 1.72. The zero-order valence-electron chi connectivity index (χ0n) is 24.9. The van der Waals surface area contributed by atoms with Crippen molar-refractivity contribution in [3.8, 4) is 0 Å². The third-order valence-corrected chi connectivity index (χ3v) is 8.68. The molecule has 43 heavy (non-hydrogen) atoms. The lowest BCUT2D eigenvalue weighted by Gasteiger charge is -2.36. The maximum atomic E-state index is 13.9. The quantitative estimate of drug-likeness (QED) is 0.0936. The summed E-state index contributed by atoms with van der Waals surface area (Å²) in [6.45, 7) is 5.70. The Morgan fingerprint density at radius 1 is 0.605 bits per heavy atom. The van der Waals surface area contributed by atoms with Crippen LogP contribution in [0.2, 0.25) is 0 Å². The molecule has 0 unspecified atom stereocenters. The van der Waals surface area contributed by atoms with Gasteiger partial charge in [0.05, 0.1) is 10.5 Å². The van der Waals surface area contributed by atoms with E-state index < -0.39 is 16.4 Å². The minimum absolute atomic E-state index is 0.340. The zero-order chi connectivity index (χ0) is 30.1. The van der Waals surface area contributed by atoms with Crippen molar-refractivity contribution in [2.45, 2.75) is 37.2 Å². The number of esters is 1. The summed E-state index contributed by atoms with van der Waals surface area (Å²) in [4.78, 5) is 19.1. The molecule has 5 aromatic rings. The molecule has 1 atom stereocenters. The van der Waals surface area contributed by atoms with Crippen molar-refractivity contribution >= 4 is 23.4 Å².